The molecule has 0 bridgehead atoms. The lowest BCUT2D eigenvalue weighted by molar-refractivity contribution is -0.132. The van der Waals surface area contributed by atoms with Crippen molar-refractivity contribution < 1.29 is 14.0 Å². The van der Waals surface area contributed by atoms with E-state index in [-0.39, 0.29) is 23.8 Å². The Morgan fingerprint density at radius 2 is 1.56 bits per heavy atom. The van der Waals surface area contributed by atoms with Gasteiger partial charge in [-0.15, -0.1) is 0 Å². The van der Waals surface area contributed by atoms with E-state index >= 15 is 0 Å². The molecule has 3 aromatic rings. The molecule has 0 atom stereocenters. The number of aromatic nitrogens is 1. The maximum atomic E-state index is 13.5. The van der Waals surface area contributed by atoms with Crippen LogP contribution in [0.5, 0.6) is 0 Å². The first-order valence-corrected chi connectivity index (χ1v) is 13.3. The van der Waals surface area contributed by atoms with Crippen molar-refractivity contribution in [2.45, 2.75) is 69.9 Å². The molecule has 3 amide bonds. The molecule has 3 N–H and O–H groups in total. The number of benzene rings is 2. The first kappa shape index (κ1) is 24.3. The maximum Gasteiger partial charge on any atom is 0.315 e. The van der Waals surface area contributed by atoms with Gasteiger partial charge in [0, 0.05) is 48.2 Å². The van der Waals surface area contributed by atoms with E-state index < -0.39 is 0 Å². The smallest absolute Gasteiger partial charge is 0.315 e. The van der Waals surface area contributed by atoms with Crippen LogP contribution in [0.3, 0.4) is 0 Å². The number of aromatic amines is 1. The number of nitrogens with one attached hydrogen (secondary N) is 3. The Morgan fingerprint density at radius 1 is 0.889 bits per heavy atom. The lowest BCUT2D eigenvalue weighted by atomic mass is 9.96. The van der Waals surface area contributed by atoms with Gasteiger partial charge in [0.25, 0.3) is 0 Å². The van der Waals surface area contributed by atoms with Crippen LogP contribution in [-0.2, 0) is 11.2 Å². The van der Waals surface area contributed by atoms with E-state index in [2.05, 4.69) is 21.7 Å². The predicted molar refractivity (Wildman–Crippen MR) is 140 cm³/mol. The Kier molecular flexibility index (Phi) is 7.54. The van der Waals surface area contributed by atoms with Crippen LogP contribution in [0.15, 0.2) is 48.5 Å². The van der Waals surface area contributed by atoms with Crippen molar-refractivity contribution in [1.82, 2.24) is 20.5 Å². The monoisotopic (exact) mass is 490 g/mol. The minimum Gasteiger partial charge on any atom is -0.354 e. The van der Waals surface area contributed by atoms with E-state index in [0.717, 1.165) is 53.4 Å². The second-order valence-electron chi connectivity index (χ2n) is 10.1. The van der Waals surface area contributed by atoms with Crippen LogP contribution in [0.4, 0.5) is 9.18 Å². The van der Waals surface area contributed by atoms with Crippen LogP contribution >= 0.6 is 0 Å². The summed E-state index contributed by atoms with van der Waals surface area (Å²) in [4.78, 5) is 30.8. The fourth-order valence-corrected chi connectivity index (χ4v) is 5.65. The van der Waals surface area contributed by atoms with Crippen LogP contribution < -0.4 is 10.6 Å². The average Bonchev–Trinajstić information content (AvgIpc) is 3.27. The molecule has 2 aliphatic rings. The lowest BCUT2D eigenvalue weighted by Crippen LogP contribution is -2.51. The first-order chi connectivity index (χ1) is 17.6. The summed E-state index contributed by atoms with van der Waals surface area (Å²) in [5.74, 6) is -0.133. The lowest BCUT2D eigenvalue weighted by Gasteiger charge is -2.33. The second-order valence-corrected chi connectivity index (χ2v) is 10.1. The van der Waals surface area contributed by atoms with Crippen LogP contribution in [0, 0.1) is 5.82 Å². The number of halogens is 1. The van der Waals surface area contributed by atoms with E-state index in [0.29, 0.717) is 32.0 Å². The highest BCUT2D eigenvalue weighted by molar-refractivity contribution is 5.91. The number of piperidine rings is 1. The number of nitrogens with zero attached hydrogens (tertiary/aromatic N) is 1. The number of aryl methyl sites for hydroxylation is 1. The quantitative estimate of drug-likeness (QED) is 0.425. The van der Waals surface area contributed by atoms with Crippen molar-refractivity contribution in [3.63, 3.8) is 0 Å². The third-order valence-electron chi connectivity index (χ3n) is 7.66. The predicted octanol–water partition coefficient (Wildman–Crippen LogP) is 5.53. The summed E-state index contributed by atoms with van der Waals surface area (Å²) in [6, 6.07) is 14.9. The van der Waals surface area contributed by atoms with Crippen molar-refractivity contribution in [2.75, 3.05) is 13.1 Å². The molecule has 7 heteroatoms. The fourth-order valence-electron chi connectivity index (χ4n) is 5.65. The third-order valence-corrected chi connectivity index (χ3v) is 7.66. The number of H-pyrrole nitrogens is 1. The summed E-state index contributed by atoms with van der Waals surface area (Å²) in [5, 5.41) is 7.32. The van der Waals surface area contributed by atoms with Crippen molar-refractivity contribution in [3.8, 4) is 11.3 Å². The van der Waals surface area contributed by atoms with Gasteiger partial charge in [0.2, 0.25) is 5.91 Å². The second kappa shape index (κ2) is 11.1. The standard InChI is InChI=1S/C29H35FN4O2/c30-21-12-10-20(11-13-21)28-25(24-8-4-5-9-26(24)33-28)14-15-27(35)34-18-16-23(17-19-34)32-29(36)31-22-6-2-1-3-7-22/h4-5,8-13,22-23,33H,1-3,6-7,14-19H2,(H2,31,32,36). The molecule has 5 rings (SSSR count). The number of carbonyl (C=O) groups is 2. The Morgan fingerprint density at radius 3 is 2.28 bits per heavy atom. The molecular formula is C29H35FN4O2. The SMILES string of the molecule is O=C(NC1CCCCC1)NC1CCN(C(=O)CCc2c(-c3ccc(F)cc3)[nH]c3ccccc23)CC1. The van der Waals surface area contributed by atoms with Crippen molar-refractivity contribution in [1.29, 1.82) is 0 Å². The zero-order chi connectivity index (χ0) is 24.9. The number of hydrogen-bond donors (Lipinski definition) is 3. The molecule has 1 aliphatic heterocycles. The average molecular weight is 491 g/mol. The molecule has 0 spiro atoms. The number of hydrogen-bond acceptors (Lipinski definition) is 2. The summed E-state index contributed by atoms with van der Waals surface area (Å²) < 4.78 is 13.5. The van der Waals surface area contributed by atoms with Gasteiger partial charge >= 0.3 is 6.03 Å². The maximum absolute atomic E-state index is 13.5. The topological polar surface area (TPSA) is 77.2 Å². The van der Waals surface area contributed by atoms with Crippen molar-refractivity contribution >= 4 is 22.8 Å². The molecule has 0 unspecified atom stereocenters. The molecular weight excluding hydrogens is 455 g/mol. The van der Waals surface area contributed by atoms with E-state index in [1.165, 1.54) is 31.4 Å². The van der Waals surface area contributed by atoms with Crippen LogP contribution in [0.2, 0.25) is 0 Å². The normalized spacial score (nSPS) is 17.3. The minimum atomic E-state index is -0.268. The number of urea groups is 1. The Bertz CT molecular complexity index is 1190. The molecule has 190 valence electrons. The molecule has 2 heterocycles. The first-order valence-electron chi connectivity index (χ1n) is 13.3. The highest BCUT2D eigenvalue weighted by Crippen LogP contribution is 2.31. The summed E-state index contributed by atoms with van der Waals surface area (Å²) in [6.45, 7) is 1.32. The number of amides is 3. The molecule has 6 nitrogen and oxygen atoms in total. The van der Waals surface area contributed by atoms with E-state index in [1.54, 1.807) is 12.1 Å². The molecule has 36 heavy (non-hydrogen) atoms. The van der Waals surface area contributed by atoms with Gasteiger partial charge in [-0.3, -0.25) is 4.79 Å². The van der Waals surface area contributed by atoms with E-state index in [4.69, 9.17) is 0 Å². The minimum absolute atomic E-state index is 0.0701. The van der Waals surface area contributed by atoms with Crippen LogP contribution in [0.25, 0.3) is 22.2 Å². The molecule has 2 aromatic carbocycles. The number of rotatable bonds is 6. The summed E-state index contributed by atoms with van der Waals surface area (Å²) in [6.07, 6.45) is 8.35. The van der Waals surface area contributed by atoms with Crippen LogP contribution in [0.1, 0.15) is 56.9 Å². The van der Waals surface area contributed by atoms with Gasteiger partial charge in [0.1, 0.15) is 5.82 Å². The van der Waals surface area contributed by atoms with Gasteiger partial charge in [-0.05, 0) is 73.6 Å². The number of fused-ring (bicyclic) bond motifs is 1. The fraction of sp³-hybridized carbons (Fsp3) is 0.448. The zero-order valence-corrected chi connectivity index (χ0v) is 20.7. The summed E-state index contributed by atoms with van der Waals surface area (Å²) in [5.41, 5.74) is 3.95. The van der Waals surface area contributed by atoms with Gasteiger partial charge in [-0.1, -0.05) is 37.5 Å². The van der Waals surface area contributed by atoms with Gasteiger partial charge in [-0.2, -0.15) is 0 Å². The number of para-hydroxylation sites is 1. The van der Waals surface area contributed by atoms with E-state index in [1.807, 2.05) is 23.1 Å². The van der Waals surface area contributed by atoms with Crippen molar-refractivity contribution in [3.05, 3.63) is 59.9 Å². The van der Waals surface area contributed by atoms with Gasteiger partial charge in [0.15, 0.2) is 0 Å². The molecule has 1 saturated carbocycles. The highest BCUT2D eigenvalue weighted by atomic mass is 19.1. The Hall–Kier alpha value is -3.35. The van der Waals surface area contributed by atoms with Crippen LogP contribution in [-0.4, -0.2) is 47.0 Å². The zero-order valence-electron chi connectivity index (χ0n) is 20.7. The molecule has 1 aromatic heterocycles. The molecule has 2 fully saturated rings. The van der Waals surface area contributed by atoms with Gasteiger partial charge in [-0.25, -0.2) is 9.18 Å². The molecule has 1 saturated heterocycles. The number of carbonyl (C=O) groups excluding carboxylic acids is 2. The summed E-state index contributed by atoms with van der Waals surface area (Å²) in [7, 11) is 0. The van der Waals surface area contributed by atoms with Gasteiger partial charge < -0.3 is 20.5 Å². The Balaban J connectivity index is 1.16. The summed E-state index contributed by atoms with van der Waals surface area (Å²) >= 11 is 0. The Labute approximate surface area is 211 Å². The van der Waals surface area contributed by atoms with E-state index in [9.17, 15) is 14.0 Å². The number of likely N-dealkylation sites (tertiary alicyclic amines) is 1. The molecule has 0 radical (unpaired) electrons. The van der Waals surface area contributed by atoms with Crippen molar-refractivity contribution in [2.24, 2.45) is 0 Å². The molecule has 1 aliphatic carbocycles. The largest absolute Gasteiger partial charge is 0.354 e. The highest BCUT2D eigenvalue weighted by Gasteiger charge is 2.25. The third kappa shape index (κ3) is 5.72. The van der Waals surface area contributed by atoms with Gasteiger partial charge in [0.05, 0.1) is 0 Å².